The maximum atomic E-state index is 12.1. The normalized spacial score (nSPS) is 9.83. The van der Waals surface area contributed by atoms with E-state index in [2.05, 4.69) is 10.6 Å². The largest absolute Gasteiger partial charge is 0.484 e. The van der Waals surface area contributed by atoms with Crippen LogP contribution in [0.3, 0.4) is 0 Å². The van der Waals surface area contributed by atoms with Gasteiger partial charge in [-0.2, -0.15) is 5.26 Å². The predicted molar refractivity (Wildman–Crippen MR) is 112 cm³/mol. The fraction of sp³-hybridized carbons (Fsp3) is 0.0870. The molecule has 0 unspecified atom stereocenters. The van der Waals surface area contributed by atoms with E-state index in [9.17, 15) is 9.59 Å². The number of carbonyl (C=O) groups excluding carboxylic acids is 2. The zero-order valence-electron chi connectivity index (χ0n) is 16.0. The monoisotopic (exact) mass is 401 g/mol. The van der Waals surface area contributed by atoms with Gasteiger partial charge in [0.15, 0.2) is 13.2 Å². The third-order valence-electron chi connectivity index (χ3n) is 3.90. The lowest BCUT2D eigenvalue weighted by atomic mass is 10.2. The highest BCUT2D eigenvalue weighted by atomic mass is 16.5. The summed E-state index contributed by atoms with van der Waals surface area (Å²) in [6.07, 6.45) is 0. The van der Waals surface area contributed by atoms with Gasteiger partial charge >= 0.3 is 0 Å². The first-order chi connectivity index (χ1) is 14.6. The molecule has 0 aromatic heterocycles. The van der Waals surface area contributed by atoms with E-state index in [0.717, 1.165) is 0 Å². The Morgan fingerprint density at radius 1 is 0.733 bits per heavy atom. The van der Waals surface area contributed by atoms with Crippen LogP contribution in [0.1, 0.15) is 5.56 Å². The molecule has 7 heteroatoms. The summed E-state index contributed by atoms with van der Waals surface area (Å²) < 4.78 is 10.9. The number of amides is 2. The summed E-state index contributed by atoms with van der Waals surface area (Å²) in [5.74, 6) is 0.305. The van der Waals surface area contributed by atoms with Crippen LogP contribution in [0.4, 0.5) is 11.4 Å². The number of benzene rings is 3. The number of ether oxygens (including phenoxy) is 2. The highest BCUT2D eigenvalue weighted by Gasteiger charge is 2.07. The summed E-state index contributed by atoms with van der Waals surface area (Å²) >= 11 is 0. The van der Waals surface area contributed by atoms with Crippen LogP contribution in [0.5, 0.6) is 11.5 Å². The van der Waals surface area contributed by atoms with E-state index in [1.165, 1.54) is 0 Å². The number of carbonyl (C=O) groups is 2. The van der Waals surface area contributed by atoms with Crippen LogP contribution < -0.4 is 20.1 Å². The minimum atomic E-state index is -0.349. The number of hydrogen-bond acceptors (Lipinski definition) is 5. The Bertz CT molecular complexity index is 1040. The van der Waals surface area contributed by atoms with Crippen molar-refractivity contribution in [3.05, 3.63) is 84.4 Å². The number of para-hydroxylation sites is 1. The molecule has 150 valence electrons. The Kier molecular flexibility index (Phi) is 7.01. The first kappa shape index (κ1) is 20.4. The van der Waals surface area contributed by atoms with Crippen molar-refractivity contribution >= 4 is 23.2 Å². The summed E-state index contributed by atoms with van der Waals surface area (Å²) in [5, 5.41) is 14.2. The van der Waals surface area contributed by atoms with Crippen LogP contribution in [0.15, 0.2) is 78.9 Å². The van der Waals surface area contributed by atoms with Crippen molar-refractivity contribution in [3.8, 4) is 17.6 Å². The third-order valence-corrected chi connectivity index (χ3v) is 3.90. The van der Waals surface area contributed by atoms with Gasteiger partial charge in [-0.05, 0) is 48.5 Å². The van der Waals surface area contributed by atoms with E-state index in [4.69, 9.17) is 14.7 Å². The lowest BCUT2D eigenvalue weighted by Gasteiger charge is -2.10. The van der Waals surface area contributed by atoms with Gasteiger partial charge in [-0.3, -0.25) is 9.59 Å². The molecule has 0 fully saturated rings. The number of rotatable bonds is 8. The van der Waals surface area contributed by atoms with E-state index in [1.807, 2.05) is 24.3 Å². The predicted octanol–water partition coefficient (Wildman–Crippen LogP) is 3.59. The molecule has 0 aliphatic carbocycles. The minimum absolute atomic E-state index is 0.159. The SMILES string of the molecule is N#Cc1ccc(OCC(=O)Nc2cccc(OCC(=O)Nc3ccccc3)c2)cc1. The Morgan fingerprint density at radius 2 is 1.33 bits per heavy atom. The number of nitrogens with zero attached hydrogens (tertiary/aromatic N) is 1. The molecule has 0 aliphatic rings. The summed E-state index contributed by atoms with van der Waals surface area (Å²) in [4.78, 5) is 24.1. The third kappa shape index (κ3) is 6.39. The molecule has 7 nitrogen and oxygen atoms in total. The second-order valence-corrected chi connectivity index (χ2v) is 6.20. The van der Waals surface area contributed by atoms with Gasteiger partial charge in [-0.1, -0.05) is 24.3 Å². The molecule has 3 aromatic rings. The van der Waals surface area contributed by atoms with Crippen molar-refractivity contribution in [1.82, 2.24) is 0 Å². The minimum Gasteiger partial charge on any atom is -0.484 e. The second kappa shape index (κ2) is 10.3. The van der Waals surface area contributed by atoms with Crippen molar-refractivity contribution in [1.29, 1.82) is 5.26 Å². The van der Waals surface area contributed by atoms with Gasteiger partial charge in [0.05, 0.1) is 11.6 Å². The zero-order chi connectivity index (χ0) is 21.2. The van der Waals surface area contributed by atoms with Crippen molar-refractivity contribution in [2.75, 3.05) is 23.8 Å². The summed E-state index contributed by atoms with van der Waals surface area (Å²) in [7, 11) is 0. The first-order valence-corrected chi connectivity index (χ1v) is 9.13. The molecule has 0 heterocycles. The Hall–Kier alpha value is -4.31. The molecule has 2 amide bonds. The Morgan fingerprint density at radius 3 is 2.00 bits per heavy atom. The van der Waals surface area contributed by atoms with Crippen LogP contribution in [0.25, 0.3) is 0 Å². The van der Waals surface area contributed by atoms with E-state index < -0.39 is 0 Å². The fourth-order valence-corrected chi connectivity index (χ4v) is 2.50. The topological polar surface area (TPSA) is 100 Å². The van der Waals surface area contributed by atoms with Gasteiger partial charge in [0, 0.05) is 17.4 Å². The molecule has 0 saturated heterocycles. The fourth-order valence-electron chi connectivity index (χ4n) is 2.50. The molecular formula is C23H19N3O4. The highest BCUT2D eigenvalue weighted by Crippen LogP contribution is 2.18. The summed E-state index contributed by atoms with van der Waals surface area (Å²) in [6, 6.07) is 24.3. The molecule has 0 atom stereocenters. The second-order valence-electron chi connectivity index (χ2n) is 6.20. The van der Waals surface area contributed by atoms with Crippen LogP contribution in [0.2, 0.25) is 0 Å². The van der Waals surface area contributed by atoms with Crippen molar-refractivity contribution < 1.29 is 19.1 Å². The van der Waals surface area contributed by atoms with E-state index in [1.54, 1.807) is 60.7 Å². The molecule has 0 saturated carbocycles. The van der Waals surface area contributed by atoms with Gasteiger partial charge in [-0.25, -0.2) is 0 Å². The maximum Gasteiger partial charge on any atom is 0.262 e. The Balaban J connectivity index is 1.46. The smallest absolute Gasteiger partial charge is 0.262 e. The molecule has 0 radical (unpaired) electrons. The summed E-state index contributed by atoms with van der Waals surface area (Å²) in [5.41, 5.74) is 1.72. The lowest BCUT2D eigenvalue weighted by Crippen LogP contribution is -2.21. The van der Waals surface area contributed by atoms with Gasteiger partial charge < -0.3 is 20.1 Å². The van der Waals surface area contributed by atoms with Gasteiger partial charge in [0.25, 0.3) is 11.8 Å². The van der Waals surface area contributed by atoms with E-state index in [0.29, 0.717) is 28.4 Å². The van der Waals surface area contributed by atoms with Crippen LogP contribution in [-0.4, -0.2) is 25.0 Å². The van der Waals surface area contributed by atoms with Gasteiger partial charge in [-0.15, -0.1) is 0 Å². The van der Waals surface area contributed by atoms with E-state index in [-0.39, 0.29) is 25.0 Å². The first-order valence-electron chi connectivity index (χ1n) is 9.13. The Labute approximate surface area is 173 Å². The average molecular weight is 401 g/mol. The quantitative estimate of drug-likeness (QED) is 0.601. The molecule has 0 bridgehead atoms. The summed E-state index contributed by atoms with van der Waals surface area (Å²) in [6.45, 7) is -0.343. The van der Waals surface area contributed by atoms with Crippen LogP contribution in [0, 0.1) is 11.3 Å². The number of hydrogen-bond donors (Lipinski definition) is 2. The zero-order valence-corrected chi connectivity index (χ0v) is 16.0. The molecule has 3 rings (SSSR count). The molecule has 0 spiro atoms. The molecule has 3 aromatic carbocycles. The average Bonchev–Trinajstić information content (AvgIpc) is 2.77. The van der Waals surface area contributed by atoms with Crippen molar-refractivity contribution in [3.63, 3.8) is 0 Å². The molecule has 2 N–H and O–H groups in total. The maximum absolute atomic E-state index is 12.1. The number of anilines is 2. The van der Waals surface area contributed by atoms with Crippen molar-refractivity contribution in [2.45, 2.75) is 0 Å². The number of nitriles is 1. The molecule has 0 aliphatic heterocycles. The van der Waals surface area contributed by atoms with Crippen LogP contribution in [-0.2, 0) is 9.59 Å². The van der Waals surface area contributed by atoms with Crippen molar-refractivity contribution in [2.24, 2.45) is 0 Å². The highest BCUT2D eigenvalue weighted by molar-refractivity contribution is 5.92. The molecular weight excluding hydrogens is 382 g/mol. The van der Waals surface area contributed by atoms with E-state index >= 15 is 0 Å². The standard InChI is InChI=1S/C23H19N3O4/c24-14-17-9-11-20(12-10-17)29-15-23(28)26-19-7-4-8-21(13-19)30-16-22(27)25-18-5-2-1-3-6-18/h1-13H,15-16H2,(H,25,27)(H,26,28). The van der Waals surface area contributed by atoms with Crippen LogP contribution >= 0.6 is 0 Å². The van der Waals surface area contributed by atoms with Gasteiger partial charge in [0.1, 0.15) is 11.5 Å². The number of nitrogens with one attached hydrogen (secondary N) is 2. The van der Waals surface area contributed by atoms with Gasteiger partial charge in [0.2, 0.25) is 0 Å². The lowest BCUT2D eigenvalue weighted by molar-refractivity contribution is -0.118. The molecule has 30 heavy (non-hydrogen) atoms.